The molecule has 0 unspecified atom stereocenters. The van der Waals surface area contributed by atoms with Crippen LogP contribution in [0.2, 0.25) is 0 Å². The molecule has 12 aromatic rings. The number of hydrogen-bond acceptors (Lipinski definition) is 4. The number of hydrogen-bond donors (Lipinski definition) is 0. The Hall–Kier alpha value is -3.56. The van der Waals surface area contributed by atoms with Gasteiger partial charge in [0, 0.05) is 108 Å². The Bertz CT molecular complexity index is 4920. The van der Waals surface area contributed by atoms with Crippen LogP contribution in [-0.2, 0) is 80.4 Å². The van der Waals surface area contributed by atoms with E-state index in [9.17, 15) is 0 Å². The third kappa shape index (κ3) is 16.7. The van der Waals surface area contributed by atoms with Gasteiger partial charge in [0.2, 0.25) is 0 Å². The van der Waals surface area contributed by atoms with Crippen LogP contribution in [0.25, 0.3) is 87.4 Å². The minimum absolute atomic E-state index is 0. The summed E-state index contributed by atoms with van der Waals surface area (Å²) in [6.07, 6.45) is 0. The number of halogens is 4. The number of nitrogens with zero attached hydrogens (tertiary/aromatic N) is 4. The maximum atomic E-state index is 5.07. The second kappa shape index (κ2) is 37.4. The largest absolute Gasteiger partial charge is 0.301 e. The van der Waals surface area contributed by atoms with Gasteiger partial charge in [-0.05, 0) is 288 Å². The summed E-state index contributed by atoms with van der Waals surface area (Å²) in [5, 5.41) is 12.8. The van der Waals surface area contributed by atoms with E-state index in [1.54, 1.807) is 0 Å². The van der Waals surface area contributed by atoms with Crippen LogP contribution in [0.5, 0.6) is 0 Å². The molecule has 4 heterocycles. The molecule has 0 fully saturated rings. The van der Waals surface area contributed by atoms with Crippen molar-refractivity contribution in [2.75, 3.05) is 0 Å². The van der Waals surface area contributed by atoms with Crippen molar-refractivity contribution >= 4 is 129 Å². The van der Waals surface area contributed by atoms with Crippen molar-refractivity contribution in [2.45, 2.75) is 251 Å². The minimum atomic E-state index is 0. The Morgan fingerprint density at radius 3 is 0.904 bits per heavy atom. The van der Waals surface area contributed by atoms with Gasteiger partial charge in [0.15, 0.2) is 0 Å². The van der Waals surface area contributed by atoms with E-state index in [2.05, 4.69) is 310 Å². The summed E-state index contributed by atoms with van der Waals surface area (Å²) < 4.78 is 4.58. The van der Waals surface area contributed by atoms with E-state index in [0.717, 1.165) is 96.1 Å². The molecule has 0 saturated heterocycles. The van der Waals surface area contributed by atoms with Crippen molar-refractivity contribution in [3.8, 4) is 22.5 Å². The zero-order chi connectivity index (χ0) is 71.7. The van der Waals surface area contributed by atoms with Crippen LogP contribution in [0.3, 0.4) is 0 Å². The average molecular weight is 2360 g/mol. The van der Waals surface area contributed by atoms with Crippen molar-refractivity contribution in [2.24, 2.45) is 0 Å². The third-order valence-electron chi connectivity index (χ3n) is 22.8. The zero-order valence-corrected chi connectivity index (χ0v) is 80.6. The predicted octanol–water partition coefficient (Wildman–Crippen LogP) is 29.2. The second-order valence-corrected chi connectivity index (χ2v) is 31.1. The number of aryl methyl sites for hydroxylation is 22. The Labute approximate surface area is 715 Å². The maximum Gasteiger partial charge on any atom is 0.0411 e. The van der Waals surface area contributed by atoms with Gasteiger partial charge in [0.05, 0.1) is 0 Å². The number of aromatic nitrogens is 4. The molecule has 0 bridgehead atoms. The van der Waals surface area contributed by atoms with Crippen LogP contribution >= 0.6 is 63.7 Å². The first kappa shape index (κ1) is 98.4. The van der Waals surface area contributed by atoms with E-state index in [0.29, 0.717) is 0 Å². The molecular weight excluding hydrogens is 2250 g/mol. The molecule has 4 radical (unpaired) electrons. The van der Waals surface area contributed by atoms with Crippen LogP contribution < -0.4 is 0 Å². The number of fused-ring (bicyclic) bond motifs is 8. The standard InChI is InChI=1S/2C24H27BrN.2C20H21BrN.4CH4.4Ir/c1-11-10-20(14(4)17(7)23(11)25)24-22-16(6)13(3)12(2)15(5)21(22)18(8)19(9)26-24;1-11-10-20(18(8)23(25)12(11)2)24-22-16(6)14(4)13(3)15(5)21(22)17(7)19(9)26-24;1-9-8-16-17(14(6)19(9)21)12(4)13(5)18-11(3)10(2)15(7)22-20(16)18;1-9-8-16-17(11(3)10(9)2)12(4)13(5)18-14(6)19(21)15(7)22-20(16)18;;;;;;;;/h2*1-9H3;2*1-7H3;4*1H4;;;;/q4*-1;;;;;;;;. The molecule has 0 saturated carbocycles. The average Bonchev–Trinajstić information content (AvgIpc) is 0.759. The number of pyridine rings is 4. The number of benzene rings is 8. The quantitative estimate of drug-likeness (QED) is 0.128. The van der Waals surface area contributed by atoms with Gasteiger partial charge in [-0.1, -0.05) is 163 Å². The molecule has 0 atom stereocenters. The zero-order valence-electron chi connectivity index (χ0n) is 64.6. The smallest absolute Gasteiger partial charge is 0.0411 e. The first-order chi connectivity index (χ1) is 44.6. The molecule has 568 valence electrons. The van der Waals surface area contributed by atoms with Crippen molar-refractivity contribution in [1.29, 1.82) is 0 Å². The van der Waals surface area contributed by atoms with Crippen LogP contribution in [0.4, 0.5) is 0 Å². The maximum absolute atomic E-state index is 5.07. The normalized spacial score (nSPS) is 10.7. The molecule has 4 aromatic heterocycles. The molecule has 12 rings (SSSR count). The van der Waals surface area contributed by atoms with E-state index in [1.165, 1.54) is 188 Å². The van der Waals surface area contributed by atoms with Gasteiger partial charge < -0.3 is 15.0 Å². The van der Waals surface area contributed by atoms with E-state index >= 15 is 0 Å². The van der Waals surface area contributed by atoms with Gasteiger partial charge >= 0.3 is 0 Å². The van der Waals surface area contributed by atoms with E-state index in [4.69, 9.17) is 19.9 Å². The molecular formula is C92H112Br4Ir4N4-4. The van der Waals surface area contributed by atoms with Gasteiger partial charge in [0.25, 0.3) is 0 Å². The molecule has 0 spiro atoms. The summed E-state index contributed by atoms with van der Waals surface area (Å²) >= 11 is 14.9. The van der Waals surface area contributed by atoms with Crippen LogP contribution in [0.1, 0.15) is 208 Å². The van der Waals surface area contributed by atoms with Gasteiger partial charge in [-0.15, -0.1) is 145 Å². The van der Waals surface area contributed by atoms with E-state index < -0.39 is 0 Å². The molecule has 0 amide bonds. The summed E-state index contributed by atoms with van der Waals surface area (Å²) in [4.78, 5) is 20.0. The molecule has 104 heavy (non-hydrogen) atoms. The topological polar surface area (TPSA) is 51.6 Å². The molecule has 12 heteroatoms. The van der Waals surface area contributed by atoms with Gasteiger partial charge in [0.1, 0.15) is 0 Å². The number of rotatable bonds is 2. The van der Waals surface area contributed by atoms with E-state index in [1.807, 2.05) is 0 Å². The second-order valence-electron chi connectivity index (χ2n) is 27.9. The SMILES string of the molecule is C.C.C.C.Cc1[c-]c(-c2nc(C)c(C)c3c(C)c(C)c(C)c(C)c23)c(C)c(Br)c1C.Cc1[c-]c(-c2nc(C)c(C)c3c(C)c(C)c(C)c(C)c23)c(C)c(C)c1Br.Cc1[c-]c2c(c(C)c1Br)c(C)c(C)c1c(C)c(C)c(C)nc12.Cc1[c-]c2c(c(C)c1C)c(C)c(C)c1c(C)c(Br)c(C)nc12.[Ir].[Ir].[Ir].[Ir]. The van der Waals surface area contributed by atoms with Crippen LogP contribution in [-0.4, -0.2) is 19.9 Å². The third-order valence-corrected chi connectivity index (χ3v) is 27.6. The summed E-state index contributed by atoms with van der Waals surface area (Å²) in [6, 6.07) is 14.4. The summed E-state index contributed by atoms with van der Waals surface area (Å²) in [6.45, 7) is 69.8. The first-order valence-electron chi connectivity index (χ1n) is 33.5. The Balaban J connectivity index is 0.000000678. The summed E-state index contributed by atoms with van der Waals surface area (Å²) in [5.41, 5.74) is 47.2. The monoisotopic (exact) mass is 2360 g/mol. The van der Waals surface area contributed by atoms with Gasteiger partial charge in [-0.3, -0.25) is 4.98 Å². The fourth-order valence-electron chi connectivity index (χ4n) is 14.8. The summed E-state index contributed by atoms with van der Waals surface area (Å²) in [7, 11) is 0. The Morgan fingerprint density at radius 2 is 0.471 bits per heavy atom. The molecule has 8 aromatic carbocycles. The van der Waals surface area contributed by atoms with Gasteiger partial charge in [-0.2, -0.15) is 0 Å². The van der Waals surface area contributed by atoms with Crippen LogP contribution in [0, 0.1) is 246 Å². The van der Waals surface area contributed by atoms with Crippen molar-refractivity contribution in [3.05, 3.63) is 221 Å². The van der Waals surface area contributed by atoms with Crippen molar-refractivity contribution in [1.82, 2.24) is 19.9 Å². The first-order valence-corrected chi connectivity index (χ1v) is 36.7. The van der Waals surface area contributed by atoms with Crippen molar-refractivity contribution < 1.29 is 80.4 Å². The minimum Gasteiger partial charge on any atom is -0.301 e. The Morgan fingerprint density at radius 1 is 0.192 bits per heavy atom. The summed E-state index contributed by atoms with van der Waals surface area (Å²) in [5.74, 6) is 0. The molecule has 0 aliphatic carbocycles. The predicted molar refractivity (Wildman–Crippen MR) is 458 cm³/mol. The van der Waals surface area contributed by atoms with E-state index in [-0.39, 0.29) is 110 Å². The molecule has 4 nitrogen and oxygen atoms in total. The molecule has 0 aliphatic rings. The van der Waals surface area contributed by atoms with Gasteiger partial charge in [-0.25, -0.2) is 0 Å². The van der Waals surface area contributed by atoms with Crippen LogP contribution in [0.15, 0.2) is 17.9 Å². The van der Waals surface area contributed by atoms with Crippen molar-refractivity contribution in [3.63, 3.8) is 0 Å². The molecule has 0 N–H and O–H groups in total. The molecule has 0 aliphatic heterocycles. The Kier molecular flexibility index (Phi) is 35.4. The fraction of sp³-hybridized carbons (Fsp3) is 0.391. The fourth-order valence-corrected chi connectivity index (χ4v) is 16.3.